The summed E-state index contributed by atoms with van der Waals surface area (Å²) in [7, 11) is 1.61. The normalized spacial score (nSPS) is 28.5. The molecule has 0 radical (unpaired) electrons. The fraction of sp³-hybridized carbons (Fsp3) is 0.562. The first kappa shape index (κ1) is 14.7. The molecule has 1 spiro atoms. The first-order valence-electron chi connectivity index (χ1n) is 7.26. The number of rotatable bonds is 4. The molecule has 2 atom stereocenters. The highest BCUT2D eigenvalue weighted by Crippen LogP contribution is 2.39. The van der Waals surface area contributed by atoms with Crippen LogP contribution >= 0.6 is 11.8 Å². The van der Waals surface area contributed by atoms with E-state index in [0.29, 0.717) is 17.1 Å². The summed E-state index contributed by atoms with van der Waals surface area (Å²) in [6, 6.07) is 5.30. The minimum atomic E-state index is -0.0200. The van der Waals surface area contributed by atoms with E-state index in [1.165, 1.54) is 0 Å². The van der Waals surface area contributed by atoms with Gasteiger partial charge in [0.25, 0.3) is 0 Å². The second-order valence-electron chi connectivity index (χ2n) is 5.59. The Kier molecular flexibility index (Phi) is 4.40. The van der Waals surface area contributed by atoms with Gasteiger partial charge in [0.15, 0.2) is 6.29 Å². The summed E-state index contributed by atoms with van der Waals surface area (Å²) in [6.45, 7) is 0.728. The minimum Gasteiger partial charge on any atom is -0.497 e. The largest absolute Gasteiger partial charge is 0.497 e. The Hall–Kier alpha value is -1.20. The maximum absolute atomic E-state index is 11.2. The van der Waals surface area contributed by atoms with Gasteiger partial charge in [0.1, 0.15) is 17.6 Å². The molecule has 0 bridgehead atoms. The second kappa shape index (κ2) is 6.28. The molecule has 3 rings (SSSR count). The molecular formula is C16H20O4S. The Labute approximate surface area is 129 Å². The third-order valence-electron chi connectivity index (χ3n) is 4.16. The van der Waals surface area contributed by atoms with E-state index in [1.54, 1.807) is 25.3 Å². The van der Waals surface area contributed by atoms with Crippen LogP contribution in [0.25, 0.3) is 0 Å². The molecule has 0 aromatic heterocycles. The van der Waals surface area contributed by atoms with Gasteiger partial charge in [-0.15, -0.1) is 0 Å². The minimum absolute atomic E-state index is 0.0200. The molecule has 2 saturated heterocycles. The van der Waals surface area contributed by atoms with Gasteiger partial charge in [0, 0.05) is 24.7 Å². The lowest BCUT2D eigenvalue weighted by atomic mass is 9.91. The average Bonchev–Trinajstić information content (AvgIpc) is 2.95. The molecule has 21 heavy (non-hydrogen) atoms. The Bertz CT molecular complexity index is 511. The number of hydrogen-bond acceptors (Lipinski definition) is 5. The standard InChI is InChI=1S/C16H20O4S/c1-18-13-3-2-12(10-17)15(8-13)20-14-4-6-19-16(9-14)5-7-21-11-16/h2-3,8,10,14H,4-7,9,11H2,1H3. The summed E-state index contributed by atoms with van der Waals surface area (Å²) in [5, 5.41) is 0. The molecule has 1 aromatic carbocycles. The van der Waals surface area contributed by atoms with Gasteiger partial charge >= 0.3 is 0 Å². The van der Waals surface area contributed by atoms with Crippen molar-refractivity contribution in [3.8, 4) is 11.5 Å². The zero-order chi connectivity index (χ0) is 14.7. The monoisotopic (exact) mass is 308 g/mol. The van der Waals surface area contributed by atoms with Crippen LogP contribution in [0.4, 0.5) is 0 Å². The third-order valence-corrected chi connectivity index (χ3v) is 5.38. The van der Waals surface area contributed by atoms with Crippen molar-refractivity contribution in [2.45, 2.75) is 31.0 Å². The number of carbonyl (C=O) groups excluding carboxylic acids is 1. The van der Waals surface area contributed by atoms with E-state index in [9.17, 15) is 4.79 Å². The molecular weight excluding hydrogens is 288 g/mol. The van der Waals surface area contributed by atoms with Gasteiger partial charge in [-0.1, -0.05) is 0 Å². The molecule has 2 unspecified atom stereocenters. The van der Waals surface area contributed by atoms with Crippen molar-refractivity contribution >= 4 is 18.0 Å². The maximum Gasteiger partial charge on any atom is 0.153 e. The predicted octanol–water partition coefficient (Wildman–Crippen LogP) is 2.94. The Balaban J connectivity index is 1.75. The van der Waals surface area contributed by atoms with Gasteiger partial charge in [-0.25, -0.2) is 0 Å². The lowest BCUT2D eigenvalue weighted by Crippen LogP contribution is -2.43. The van der Waals surface area contributed by atoms with Crippen molar-refractivity contribution in [3.63, 3.8) is 0 Å². The Morgan fingerprint density at radius 1 is 1.48 bits per heavy atom. The topological polar surface area (TPSA) is 44.8 Å². The summed E-state index contributed by atoms with van der Waals surface area (Å²) in [5.41, 5.74) is 0.547. The molecule has 5 heteroatoms. The van der Waals surface area contributed by atoms with Crippen molar-refractivity contribution in [2.75, 3.05) is 25.2 Å². The number of thioether (sulfide) groups is 1. The van der Waals surface area contributed by atoms with Crippen molar-refractivity contribution in [1.29, 1.82) is 0 Å². The predicted molar refractivity (Wildman–Crippen MR) is 82.7 cm³/mol. The van der Waals surface area contributed by atoms with Gasteiger partial charge in [0.2, 0.25) is 0 Å². The first-order valence-corrected chi connectivity index (χ1v) is 8.42. The number of methoxy groups -OCH3 is 1. The lowest BCUT2D eigenvalue weighted by molar-refractivity contribution is -0.0959. The SMILES string of the molecule is COc1ccc(C=O)c(OC2CCOC3(CCSC3)C2)c1. The van der Waals surface area contributed by atoms with Crippen LogP contribution in [-0.4, -0.2) is 43.2 Å². The van der Waals surface area contributed by atoms with Gasteiger partial charge < -0.3 is 14.2 Å². The number of benzene rings is 1. The molecule has 2 aliphatic heterocycles. The van der Waals surface area contributed by atoms with Gasteiger partial charge in [0.05, 0.1) is 24.9 Å². The third kappa shape index (κ3) is 3.19. The van der Waals surface area contributed by atoms with Crippen LogP contribution in [0.5, 0.6) is 11.5 Å². The molecule has 114 valence electrons. The maximum atomic E-state index is 11.2. The van der Waals surface area contributed by atoms with Crippen molar-refractivity contribution in [2.24, 2.45) is 0 Å². The number of carbonyl (C=O) groups is 1. The van der Waals surface area contributed by atoms with E-state index < -0.39 is 0 Å². The summed E-state index contributed by atoms with van der Waals surface area (Å²) in [4.78, 5) is 11.2. The Morgan fingerprint density at radius 2 is 2.38 bits per heavy atom. The van der Waals surface area contributed by atoms with Crippen LogP contribution in [0, 0.1) is 0 Å². The molecule has 0 aliphatic carbocycles. The van der Waals surface area contributed by atoms with E-state index in [2.05, 4.69) is 0 Å². The molecule has 1 aromatic rings. The van der Waals surface area contributed by atoms with Crippen LogP contribution < -0.4 is 9.47 Å². The van der Waals surface area contributed by atoms with Crippen molar-refractivity contribution in [1.82, 2.24) is 0 Å². The lowest BCUT2D eigenvalue weighted by Gasteiger charge is -2.37. The molecule has 0 N–H and O–H groups in total. The van der Waals surface area contributed by atoms with E-state index in [1.807, 2.05) is 11.8 Å². The van der Waals surface area contributed by atoms with Gasteiger partial charge in [-0.3, -0.25) is 4.79 Å². The Morgan fingerprint density at radius 3 is 3.10 bits per heavy atom. The molecule has 0 saturated carbocycles. The molecule has 2 heterocycles. The van der Waals surface area contributed by atoms with E-state index in [0.717, 1.165) is 43.7 Å². The number of ether oxygens (including phenoxy) is 3. The molecule has 2 fully saturated rings. The van der Waals surface area contributed by atoms with Crippen LogP contribution in [0.15, 0.2) is 18.2 Å². The first-order chi connectivity index (χ1) is 10.2. The van der Waals surface area contributed by atoms with Crippen LogP contribution in [0.3, 0.4) is 0 Å². The summed E-state index contributed by atoms with van der Waals surface area (Å²) in [5.74, 6) is 3.52. The number of hydrogen-bond donors (Lipinski definition) is 0. The second-order valence-corrected chi connectivity index (χ2v) is 6.69. The van der Waals surface area contributed by atoms with E-state index in [4.69, 9.17) is 14.2 Å². The number of aldehydes is 1. The van der Waals surface area contributed by atoms with E-state index in [-0.39, 0.29) is 11.7 Å². The fourth-order valence-corrected chi connectivity index (χ4v) is 4.35. The highest BCUT2D eigenvalue weighted by molar-refractivity contribution is 7.99. The van der Waals surface area contributed by atoms with Crippen LogP contribution in [-0.2, 0) is 4.74 Å². The fourth-order valence-electron chi connectivity index (χ4n) is 2.97. The van der Waals surface area contributed by atoms with Gasteiger partial charge in [-0.05, 0) is 24.3 Å². The highest BCUT2D eigenvalue weighted by atomic mass is 32.2. The van der Waals surface area contributed by atoms with Crippen molar-refractivity contribution < 1.29 is 19.0 Å². The van der Waals surface area contributed by atoms with E-state index >= 15 is 0 Å². The smallest absolute Gasteiger partial charge is 0.153 e. The summed E-state index contributed by atoms with van der Waals surface area (Å²) >= 11 is 1.94. The van der Waals surface area contributed by atoms with Crippen LogP contribution in [0.2, 0.25) is 0 Å². The average molecular weight is 308 g/mol. The molecule has 2 aliphatic rings. The molecule has 4 nitrogen and oxygen atoms in total. The zero-order valence-corrected chi connectivity index (χ0v) is 13.0. The zero-order valence-electron chi connectivity index (χ0n) is 12.2. The molecule has 0 amide bonds. The van der Waals surface area contributed by atoms with Crippen LogP contribution in [0.1, 0.15) is 29.6 Å². The van der Waals surface area contributed by atoms with Gasteiger partial charge in [-0.2, -0.15) is 11.8 Å². The quantitative estimate of drug-likeness (QED) is 0.800. The summed E-state index contributed by atoms with van der Waals surface area (Å²) in [6.07, 6.45) is 3.78. The highest BCUT2D eigenvalue weighted by Gasteiger charge is 2.41. The summed E-state index contributed by atoms with van der Waals surface area (Å²) < 4.78 is 17.3. The van der Waals surface area contributed by atoms with Crippen molar-refractivity contribution in [3.05, 3.63) is 23.8 Å².